The Morgan fingerprint density at radius 1 is 1.14 bits per heavy atom. The highest BCUT2D eigenvalue weighted by molar-refractivity contribution is 8.26. The van der Waals surface area contributed by atoms with Crippen molar-refractivity contribution in [2.45, 2.75) is 20.4 Å². The molecule has 2 aromatic heterocycles. The molecule has 1 aliphatic rings. The molecule has 0 unspecified atom stereocenters. The standard InChI is InChI=1S/C27H23N3O3S2/c1-3-32-21-11-12-23(18(2)14-21)25-19(16-30(28-25)20-8-5-4-6-9-20)15-24-26(31)29(27(34)35-24)17-22-10-7-13-33-22/h4-16H,3,17H2,1-2H3. The van der Waals surface area contributed by atoms with Gasteiger partial charge in [0.15, 0.2) is 0 Å². The van der Waals surface area contributed by atoms with Gasteiger partial charge in [0, 0.05) is 17.3 Å². The van der Waals surface area contributed by atoms with E-state index in [1.807, 2.05) is 85.4 Å². The molecule has 0 spiro atoms. The number of hydrogen-bond donors (Lipinski definition) is 0. The molecule has 0 N–H and O–H groups in total. The Morgan fingerprint density at radius 3 is 2.69 bits per heavy atom. The number of aryl methyl sites for hydroxylation is 1. The molecule has 2 aromatic carbocycles. The van der Waals surface area contributed by atoms with E-state index in [1.54, 1.807) is 17.2 Å². The third-order valence-electron chi connectivity index (χ3n) is 5.58. The number of ether oxygens (including phenoxy) is 1. The van der Waals surface area contributed by atoms with Gasteiger partial charge in [-0.15, -0.1) is 0 Å². The minimum Gasteiger partial charge on any atom is -0.494 e. The van der Waals surface area contributed by atoms with E-state index in [9.17, 15) is 4.79 Å². The van der Waals surface area contributed by atoms with Crippen LogP contribution in [0.5, 0.6) is 5.75 Å². The van der Waals surface area contributed by atoms with Gasteiger partial charge in [-0.05, 0) is 68.0 Å². The monoisotopic (exact) mass is 501 g/mol. The van der Waals surface area contributed by atoms with Crippen LogP contribution in [0.25, 0.3) is 23.0 Å². The molecular weight excluding hydrogens is 478 g/mol. The Morgan fingerprint density at radius 2 is 1.97 bits per heavy atom. The van der Waals surface area contributed by atoms with Crippen LogP contribution in [0.2, 0.25) is 0 Å². The number of para-hydroxylation sites is 1. The molecule has 6 nitrogen and oxygen atoms in total. The minimum absolute atomic E-state index is 0.141. The fourth-order valence-electron chi connectivity index (χ4n) is 3.91. The average molecular weight is 502 g/mol. The Kier molecular flexibility index (Phi) is 6.57. The van der Waals surface area contributed by atoms with Crippen LogP contribution in [0, 0.1) is 6.92 Å². The molecule has 0 atom stereocenters. The third kappa shape index (κ3) is 4.80. The van der Waals surface area contributed by atoms with Crippen molar-refractivity contribution in [1.29, 1.82) is 0 Å². The Bertz CT molecular complexity index is 1410. The van der Waals surface area contributed by atoms with Crippen molar-refractivity contribution >= 4 is 40.3 Å². The zero-order chi connectivity index (χ0) is 24.4. The maximum atomic E-state index is 13.2. The fraction of sp³-hybridized carbons (Fsp3) is 0.148. The molecule has 176 valence electrons. The van der Waals surface area contributed by atoms with Gasteiger partial charge in [-0.3, -0.25) is 9.69 Å². The molecule has 1 fully saturated rings. The molecule has 0 radical (unpaired) electrons. The lowest BCUT2D eigenvalue weighted by Crippen LogP contribution is -2.27. The maximum absolute atomic E-state index is 13.2. The first-order valence-corrected chi connectivity index (χ1v) is 12.4. The molecule has 35 heavy (non-hydrogen) atoms. The van der Waals surface area contributed by atoms with E-state index in [1.165, 1.54) is 11.8 Å². The molecule has 0 aliphatic carbocycles. The second kappa shape index (κ2) is 9.93. The lowest BCUT2D eigenvalue weighted by atomic mass is 10.0. The van der Waals surface area contributed by atoms with Crippen LogP contribution in [0.1, 0.15) is 23.8 Å². The summed E-state index contributed by atoms with van der Waals surface area (Å²) in [7, 11) is 0. The molecule has 0 bridgehead atoms. The zero-order valence-electron chi connectivity index (χ0n) is 19.3. The van der Waals surface area contributed by atoms with Gasteiger partial charge >= 0.3 is 0 Å². The Balaban J connectivity index is 1.55. The van der Waals surface area contributed by atoms with Crippen molar-refractivity contribution in [3.05, 3.63) is 94.9 Å². The second-order valence-corrected chi connectivity index (χ2v) is 9.65. The number of amides is 1. The van der Waals surface area contributed by atoms with Crippen molar-refractivity contribution in [2.75, 3.05) is 6.61 Å². The van der Waals surface area contributed by atoms with E-state index >= 15 is 0 Å². The summed E-state index contributed by atoms with van der Waals surface area (Å²) in [6.07, 6.45) is 5.41. The molecule has 0 saturated carbocycles. The van der Waals surface area contributed by atoms with Gasteiger partial charge in [0.1, 0.15) is 21.5 Å². The van der Waals surface area contributed by atoms with Crippen molar-refractivity contribution < 1.29 is 13.9 Å². The van der Waals surface area contributed by atoms with E-state index in [-0.39, 0.29) is 5.91 Å². The van der Waals surface area contributed by atoms with Crippen LogP contribution >= 0.6 is 24.0 Å². The number of hydrogen-bond acceptors (Lipinski definition) is 6. The maximum Gasteiger partial charge on any atom is 0.266 e. The van der Waals surface area contributed by atoms with Crippen LogP contribution in [0.15, 0.2) is 82.4 Å². The summed E-state index contributed by atoms with van der Waals surface area (Å²) in [5.41, 5.74) is 4.56. The van der Waals surface area contributed by atoms with E-state index in [2.05, 4.69) is 0 Å². The number of carbonyl (C=O) groups is 1. The van der Waals surface area contributed by atoms with Crippen LogP contribution in [-0.4, -0.2) is 31.5 Å². The topological polar surface area (TPSA) is 60.5 Å². The van der Waals surface area contributed by atoms with Gasteiger partial charge in [0.05, 0.1) is 30.0 Å². The molecule has 8 heteroatoms. The number of carbonyl (C=O) groups excluding carboxylic acids is 1. The van der Waals surface area contributed by atoms with Gasteiger partial charge in [0.2, 0.25) is 0 Å². The van der Waals surface area contributed by atoms with Gasteiger partial charge < -0.3 is 9.15 Å². The number of furan rings is 1. The van der Waals surface area contributed by atoms with Crippen molar-refractivity contribution in [3.8, 4) is 22.7 Å². The highest BCUT2D eigenvalue weighted by atomic mass is 32.2. The van der Waals surface area contributed by atoms with E-state index in [0.717, 1.165) is 33.8 Å². The predicted molar refractivity (Wildman–Crippen MR) is 142 cm³/mol. The van der Waals surface area contributed by atoms with Crippen molar-refractivity contribution in [1.82, 2.24) is 14.7 Å². The van der Waals surface area contributed by atoms with Gasteiger partial charge in [-0.1, -0.05) is 42.2 Å². The normalized spacial score (nSPS) is 14.8. The molecule has 1 aliphatic heterocycles. The van der Waals surface area contributed by atoms with Crippen molar-refractivity contribution in [3.63, 3.8) is 0 Å². The van der Waals surface area contributed by atoms with Crippen LogP contribution in [0.3, 0.4) is 0 Å². The first-order valence-electron chi connectivity index (χ1n) is 11.2. The average Bonchev–Trinajstić information content (AvgIpc) is 3.58. The molecule has 1 saturated heterocycles. The SMILES string of the molecule is CCOc1ccc(-c2nn(-c3ccccc3)cc2C=C2SC(=S)N(Cc3ccco3)C2=O)c(C)c1. The summed E-state index contributed by atoms with van der Waals surface area (Å²) in [6.45, 7) is 4.91. The summed E-state index contributed by atoms with van der Waals surface area (Å²) in [5.74, 6) is 1.36. The van der Waals surface area contributed by atoms with Crippen LogP contribution in [-0.2, 0) is 11.3 Å². The second-order valence-electron chi connectivity index (χ2n) is 7.97. The lowest BCUT2D eigenvalue weighted by molar-refractivity contribution is -0.122. The van der Waals surface area contributed by atoms with E-state index in [0.29, 0.717) is 28.1 Å². The van der Waals surface area contributed by atoms with E-state index < -0.39 is 0 Å². The summed E-state index contributed by atoms with van der Waals surface area (Å²) in [5, 5.41) is 4.90. The summed E-state index contributed by atoms with van der Waals surface area (Å²) >= 11 is 6.79. The summed E-state index contributed by atoms with van der Waals surface area (Å²) < 4.78 is 13.4. The first kappa shape index (κ1) is 23.1. The number of rotatable bonds is 7. The van der Waals surface area contributed by atoms with Gasteiger partial charge in [-0.2, -0.15) is 5.10 Å². The number of thioether (sulfide) groups is 1. The zero-order valence-corrected chi connectivity index (χ0v) is 20.9. The number of nitrogens with zero attached hydrogens (tertiary/aromatic N) is 3. The van der Waals surface area contributed by atoms with Gasteiger partial charge in [-0.25, -0.2) is 4.68 Å². The molecule has 4 aromatic rings. The van der Waals surface area contributed by atoms with Crippen molar-refractivity contribution in [2.24, 2.45) is 0 Å². The Labute approximate surface area is 213 Å². The smallest absolute Gasteiger partial charge is 0.266 e. The minimum atomic E-state index is -0.141. The largest absolute Gasteiger partial charge is 0.494 e. The summed E-state index contributed by atoms with van der Waals surface area (Å²) in [6, 6.07) is 19.5. The van der Waals surface area contributed by atoms with Crippen LogP contribution < -0.4 is 4.74 Å². The van der Waals surface area contributed by atoms with E-state index in [4.69, 9.17) is 26.5 Å². The third-order valence-corrected chi connectivity index (χ3v) is 6.96. The first-order chi connectivity index (χ1) is 17.0. The fourth-order valence-corrected chi connectivity index (χ4v) is 5.16. The number of aromatic nitrogens is 2. The quantitative estimate of drug-likeness (QED) is 0.221. The molecular formula is C27H23N3O3S2. The summed E-state index contributed by atoms with van der Waals surface area (Å²) in [4.78, 5) is 15.3. The lowest BCUT2D eigenvalue weighted by Gasteiger charge is -2.12. The van der Waals surface area contributed by atoms with Gasteiger partial charge in [0.25, 0.3) is 5.91 Å². The predicted octanol–water partition coefficient (Wildman–Crippen LogP) is 6.24. The highest BCUT2D eigenvalue weighted by Crippen LogP contribution is 2.36. The molecule has 3 heterocycles. The molecule has 5 rings (SSSR count). The number of thiocarbonyl (C=S) groups is 1. The molecule has 1 amide bonds. The van der Waals surface area contributed by atoms with Crippen LogP contribution in [0.4, 0.5) is 0 Å². The highest BCUT2D eigenvalue weighted by Gasteiger charge is 2.33. The Hall–Kier alpha value is -3.62. The number of benzene rings is 2.